The molecule has 3 rings (SSSR count). The van der Waals surface area contributed by atoms with Crippen molar-refractivity contribution in [1.82, 2.24) is 9.97 Å². The smallest absolute Gasteiger partial charge is 0.295 e. The predicted molar refractivity (Wildman–Crippen MR) is 76.9 cm³/mol. The van der Waals surface area contributed by atoms with Gasteiger partial charge in [-0.2, -0.15) is 4.98 Å². The minimum Gasteiger partial charge on any atom is -0.497 e. The maximum Gasteiger partial charge on any atom is 0.295 e. The first-order valence-corrected chi connectivity index (χ1v) is 6.34. The van der Waals surface area contributed by atoms with Crippen LogP contribution in [0.2, 0.25) is 0 Å². The van der Waals surface area contributed by atoms with E-state index in [4.69, 9.17) is 9.15 Å². The largest absolute Gasteiger partial charge is 0.497 e. The highest BCUT2D eigenvalue weighted by Gasteiger charge is 2.06. The summed E-state index contributed by atoms with van der Waals surface area (Å²) < 4.78 is 10.8. The maximum absolute atomic E-state index is 5.63. The van der Waals surface area contributed by atoms with Crippen LogP contribution in [0, 0.1) is 6.92 Å². The van der Waals surface area contributed by atoms with E-state index in [-0.39, 0.29) is 0 Å². The van der Waals surface area contributed by atoms with Gasteiger partial charge in [-0.25, -0.2) is 0 Å². The quantitative estimate of drug-likeness (QED) is 0.788. The summed E-state index contributed by atoms with van der Waals surface area (Å²) in [6.07, 6.45) is 1.84. The number of nitrogens with zero attached hydrogens (tertiary/aromatic N) is 2. The Morgan fingerprint density at radius 1 is 1.25 bits per heavy atom. The Bertz CT molecular complexity index is 720. The summed E-state index contributed by atoms with van der Waals surface area (Å²) >= 11 is 0. The summed E-state index contributed by atoms with van der Waals surface area (Å²) in [6.45, 7) is 2.59. The van der Waals surface area contributed by atoms with Gasteiger partial charge in [-0.05, 0) is 30.7 Å². The van der Waals surface area contributed by atoms with Crippen LogP contribution in [-0.2, 0) is 6.54 Å². The summed E-state index contributed by atoms with van der Waals surface area (Å²) in [4.78, 5) is 8.62. The fourth-order valence-corrected chi connectivity index (χ4v) is 1.89. The normalized spacial score (nSPS) is 10.7. The zero-order valence-corrected chi connectivity index (χ0v) is 11.4. The molecule has 0 amide bonds. The lowest BCUT2D eigenvalue weighted by Crippen LogP contribution is -2.00. The Morgan fingerprint density at radius 2 is 2.15 bits per heavy atom. The van der Waals surface area contributed by atoms with Crippen LogP contribution in [0.15, 0.2) is 40.9 Å². The van der Waals surface area contributed by atoms with Gasteiger partial charge >= 0.3 is 0 Å². The van der Waals surface area contributed by atoms with Gasteiger partial charge in [0.15, 0.2) is 5.58 Å². The van der Waals surface area contributed by atoms with Gasteiger partial charge < -0.3 is 14.5 Å². The van der Waals surface area contributed by atoms with Gasteiger partial charge in [-0.1, -0.05) is 6.07 Å². The molecule has 0 radical (unpaired) electrons. The lowest BCUT2D eigenvalue weighted by molar-refractivity contribution is 0.414. The second kappa shape index (κ2) is 5.21. The third-order valence-corrected chi connectivity index (χ3v) is 3.01. The number of oxazole rings is 1. The summed E-state index contributed by atoms with van der Waals surface area (Å²) in [5, 5.41) is 3.15. The molecule has 1 aromatic carbocycles. The molecular weight excluding hydrogens is 254 g/mol. The molecule has 0 saturated carbocycles. The molecule has 0 fully saturated rings. The highest BCUT2D eigenvalue weighted by molar-refractivity contribution is 5.76. The van der Waals surface area contributed by atoms with Gasteiger partial charge in [-0.15, -0.1) is 0 Å². The minimum absolute atomic E-state index is 0.494. The second-order valence-corrected chi connectivity index (χ2v) is 4.51. The molecule has 20 heavy (non-hydrogen) atoms. The number of pyridine rings is 1. The Balaban J connectivity index is 1.75. The van der Waals surface area contributed by atoms with Gasteiger partial charge in [-0.3, -0.25) is 4.98 Å². The zero-order valence-electron chi connectivity index (χ0n) is 11.4. The molecule has 2 aromatic heterocycles. The maximum atomic E-state index is 5.63. The molecule has 0 saturated heterocycles. The van der Waals surface area contributed by atoms with Crippen molar-refractivity contribution < 1.29 is 9.15 Å². The first kappa shape index (κ1) is 12.5. The van der Waals surface area contributed by atoms with Crippen molar-refractivity contribution in [3.05, 3.63) is 47.8 Å². The molecule has 0 aliphatic heterocycles. The number of aryl methyl sites for hydroxylation is 1. The Morgan fingerprint density at radius 3 is 2.90 bits per heavy atom. The molecule has 0 aliphatic rings. The van der Waals surface area contributed by atoms with Crippen LogP contribution in [0.5, 0.6) is 5.75 Å². The number of hydrogen-bond acceptors (Lipinski definition) is 5. The SMILES string of the molecule is COc1ccc2nc(NCc3ccc(C)nc3)oc2c1. The molecule has 5 nitrogen and oxygen atoms in total. The van der Waals surface area contributed by atoms with E-state index >= 15 is 0 Å². The van der Waals surface area contributed by atoms with Gasteiger partial charge in [0.25, 0.3) is 6.01 Å². The fraction of sp³-hybridized carbons (Fsp3) is 0.200. The number of nitrogens with one attached hydrogen (secondary N) is 1. The first-order chi connectivity index (χ1) is 9.74. The van der Waals surface area contributed by atoms with Crippen LogP contribution in [0.1, 0.15) is 11.3 Å². The summed E-state index contributed by atoms with van der Waals surface area (Å²) in [5.74, 6) is 0.753. The molecule has 0 unspecified atom stereocenters. The van der Waals surface area contributed by atoms with Crippen molar-refractivity contribution in [2.24, 2.45) is 0 Å². The van der Waals surface area contributed by atoms with E-state index < -0.39 is 0 Å². The van der Waals surface area contributed by atoms with Crippen molar-refractivity contribution in [3.8, 4) is 5.75 Å². The number of anilines is 1. The van der Waals surface area contributed by atoms with Crippen LogP contribution < -0.4 is 10.1 Å². The van der Waals surface area contributed by atoms with Crippen molar-refractivity contribution >= 4 is 17.1 Å². The highest BCUT2D eigenvalue weighted by Crippen LogP contribution is 2.23. The van der Waals surface area contributed by atoms with Crippen LogP contribution in [0.3, 0.4) is 0 Å². The molecule has 1 N–H and O–H groups in total. The summed E-state index contributed by atoms with van der Waals surface area (Å²) in [7, 11) is 1.63. The van der Waals surface area contributed by atoms with Crippen molar-refractivity contribution in [2.45, 2.75) is 13.5 Å². The highest BCUT2D eigenvalue weighted by atomic mass is 16.5. The number of methoxy groups -OCH3 is 1. The number of ether oxygens (including phenoxy) is 1. The van der Waals surface area contributed by atoms with Crippen molar-refractivity contribution in [3.63, 3.8) is 0 Å². The van der Waals surface area contributed by atoms with E-state index in [1.807, 2.05) is 43.5 Å². The number of fused-ring (bicyclic) bond motifs is 1. The van der Waals surface area contributed by atoms with E-state index in [1.54, 1.807) is 7.11 Å². The van der Waals surface area contributed by atoms with E-state index in [2.05, 4.69) is 15.3 Å². The van der Waals surface area contributed by atoms with E-state index in [9.17, 15) is 0 Å². The third kappa shape index (κ3) is 2.56. The topological polar surface area (TPSA) is 60.2 Å². The molecule has 2 heterocycles. The Labute approximate surface area is 116 Å². The molecule has 0 spiro atoms. The Kier molecular flexibility index (Phi) is 3.25. The monoisotopic (exact) mass is 269 g/mol. The molecule has 0 atom stereocenters. The van der Waals surface area contributed by atoms with E-state index in [0.29, 0.717) is 18.1 Å². The zero-order chi connectivity index (χ0) is 13.9. The van der Waals surface area contributed by atoms with Crippen LogP contribution >= 0.6 is 0 Å². The lowest BCUT2D eigenvalue weighted by Gasteiger charge is -2.01. The lowest BCUT2D eigenvalue weighted by atomic mass is 10.2. The number of hydrogen-bond donors (Lipinski definition) is 1. The summed E-state index contributed by atoms with van der Waals surface area (Å²) in [5.41, 5.74) is 3.59. The van der Waals surface area contributed by atoms with Gasteiger partial charge in [0.05, 0.1) is 7.11 Å². The van der Waals surface area contributed by atoms with Gasteiger partial charge in [0.1, 0.15) is 11.3 Å². The number of benzene rings is 1. The molecule has 0 bridgehead atoms. The van der Waals surface area contributed by atoms with Crippen molar-refractivity contribution in [2.75, 3.05) is 12.4 Å². The average molecular weight is 269 g/mol. The molecule has 102 valence electrons. The average Bonchev–Trinajstić information content (AvgIpc) is 2.88. The van der Waals surface area contributed by atoms with Crippen molar-refractivity contribution in [1.29, 1.82) is 0 Å². The van der Waals surface area contributed by atoms with E-state index in [1.165, 1.54) is 0 Å². The van der Waals surface area contributed by atoms with Gasteiger partial charge in [0.2, 0.25) is 0 Å². The Hall–Kier alpha value is -2.56. The third-order valence-electron chi connectivity index (χ3n) is 3.01. The fourth-order valence-electron chi connectivity index (χ4n) is 1.89. The molecule has 3 aromatic rings. The van der Waals surface area contributed by atoms with Crippen LogP contribution in [0.4, 0.5) is 6.01 Å². The second-order valence-electron chi connectivity index (χ2n) is 4.51. The van der Waals surface area contributed by atoms with E-state index in [0.717, 1.165) is 22.5 Å². The number of rotatable bonds is 4. The van der Waals surface area contributed by atoms with Crippen LogP contribution in [0.25, 0.3) is 11.1 Å². The van der Waals surface area contributed by atoms with Crippen LogP contribution in [-0.4, -0.2) is 17.1 Å². The molecule has 0 aliphatic carbocycles. The minimum atomic E-state index is 0.494. The first-order valence-electron chi connectivity index (χ1n) is 6.34. The molecule has 5 heteroatoms. The number of aromatic nitrogens is 2. The van der Waals surface area contributed by atoms with Gasteiger partial charge in [0, 0.05) is 24.5 Å². The standard InChI is InChI=1S/C15H15N3O2/c1-10-3-4-11(8-16-10)9-17-15-18-13-6-5-12(19-2)7-14(13)20-15/h3-8H,9H2,1-2H3,(H,17,18). The molecular formula is C15H15N3O2. The summed E-state index contributed by atoms with van der Waals surface area (Å²) in [6, 6.07) is 10.1. The predicted octanol–water partition coefficient (Wildman–Crippen LogP) is 3.15.